The van der Waals surface area contributed by atoms with Gasteiger partial charge in [-0.2, -0.15) is 35.4 Å². The Morgan fingerprint density at radius 3 is 1.18 bits per heavy atom. The van der Waals surface area contributed by atoms with Gasteiger partial charge in [0.15, 0.2) is 0 Å². The first kappa shape index (κ1) is 16.6. The molecule has 0 nitrogen and oxygen atoms in total. The molecule has 88 valence electrons. The molecule has 0 spiro atoms. The molecule has 2 aromatic carbocycles. The van der Waals surface area contributed by atoms with Crippen molar-refractivity contribution in [3.63, 3.8) is 0 Å². The minimum Gasteiger partial charge on any atom is -0.213 e. The molecule has 0 aliphatic rings. The van der Waals surface area contributed by atoms with Gasteiger partial charge in [-0.1, -0.05) is 39.5 Å². The summed E-state index contributed by atoms with van der Waals surface area (Å²) < 4.78 is 0. The molecule has 0 saturated heterocycles. The predicted octanol–water partition coefficient (Wildman–Crippen LogP) is 4.71. The standard InChI is InChI=1S/2C8H11.Hf/c2*1-2-5-8-6-3-4-7-8;/h2*3-4,6-7H,2,5H2,1H3;/q2*-1;+4. The van der Waals surface area contributed by atoms with Gasteiger partial charge in [0.1, 0.15) is 0 Å². The van der Waals surface area contributed by atoms with E-state index in [1.54, 1.807) is 0 Å². The Labute approximate surface area is 125 Å². The third-order valence-corrected chi connectivity index (χ3v) is 2.54. The molecule has 0 saturated carbocycles. The molecule has 0 aromatic heterocycles. The SMILES string of the molecule is CCC[c-]1cccc1.CCC[c-]1cccc1.[Hf+4]. The molecule has 0 bridgehead atoms. The average Bonchev–Trinajstić information content (AvgIpc) is 2.92. The van der Waals surface area contributed by atoms with Gasteiger partial charge in [-0.05, 0) is 0 Å². The summed E-state index contributed by atoms with van der Waals surface area (Å²) in [7, 11) is 0. The second-order valence-electron chi connectivity index (χ2n) is 4.09. The van der Waals surface area contributed by atoms with Crippen molar-refractivity contribution in [2.24, 2.45) is 0 Å². The van der Waals surface area contributed by atoms with Crippen molar-refractivity contribution in [2.45, 2.75) is 39.5 Å². The third-order valence-electron chi connectivity index (χ3n) is 2.54. The van der Waals surface area contributed by atoms with Gasteiger partial charge in [0.2, 0.25) is 0 Å². The molecule has 2 aromatic rings. The summed E-state index contributed by atoms with van der Waals surface area (Å²) in [5.74, 6) is 0. The predicted molar refractivity (Wildman–Crippen MR) is 72.1 cm³/mol. The summed E-state index contributed by atoms with van der Waals surface area (Å²) in [5.41, 5.74) is 2.93. The second-order valence-corrected chi connectivity index (χ2v) is 4.09. The van der Waals surface area contributed by atoms with Crippen LogP contribution in [0, 0.1) is 0 Å². The van der Waals surface area contributed by atoms with Crippen LogP contribution in [0.3, 0.4) is 0 Å². The molecular weight excluding hydrogens is 371 g/mol. The van der Waals surface area contributed by atoms with E-state index in [1.807, 2.05) is 0 Å². The van der Waals surface area contributed by atoms with Crippen molar-refractivity contribution < 1.29 is 25.8 Å². The van der Waals surface area contributed by atoms with Crippen molar-refractivity contribution in [1.29, 1.82) is 0 Å². The van der Waals surface area contributed by atoms with E-state index in [4.69, 9.17) is 0 Å². The summed E-state index contributed by atoms with van der Waals surface area (Å²) in [6, 6.07) is 17.0. The topological polar surface area (TPSA) is 0 Å². The zero-order valence-electron chi connectivity index (χ0n) is 10.9. The molecule has 1 heteroatoms. The normalized spacial score (nSPS) is 9.06. The summed E-state index contributed by atoms with van der Waals surface area (Å²) >= 11 is 0. The van der Waals surface area contributed by atoms with Crippen LogP contribution < -0.4 is 0 Å². The molecule has 0 unspecified atom stereocenters. The van der Waals surface area contributed by atoms with E-state index in [-0.39, 0.29) is 25.8 Å². The zero-order chi connectivity index (χ0) is 11.6. The maximum atomic E-state index is 2.20. The molecule has 0 fully saturated rings. The van der Waals surface area contributed by atoms with Crippen molar-refractivity contribution in [3.05, 3.63) is 59.7 Å². The fourth-order valence-electron chi connectivity index (χ4n) is 1.74. The molecule has 0 heterocycles. The number of hydrogen-bond donors (Lipinski definition) is 0. The Morgan fingerprint density at radius 1 is 0.647 bits per heavy atom. The second kappa shape index (κ2) is 10.7. The first-order valence-electron chi connectivity index (χ1n) is 6.28. The Bertz CT molecular complexity index is 293. The van der Waals surface area contributed by atoms with E-state index in [0.717, 1.165) is 0 Å². The smallest absolute Gasteiger partial charge is 0.213 e. The van der Waals surface area contributed by atoms with Crippen LogP contribution in [0.5, 0.6) is 0 Å². The number of aryl methyl sites for hydroxylation is 2. The van der Waals surface area contributed by atoms with Gasteiger partial charge in [-0.15, -0.1) is 0 Å². The Hall–Kier alpha value is -0.430. The summed E-state index contributed by atoms with van der Waals surface area (Å²) in [4.78, 5) is 0. The summed E-state index contributed by atoms with van der Waals surface area (Å²) in [6.07, 6.45) is 4.97. The van der Waals surface area contributed by atoms with Gasteiger partial charge in [0.25, 0.3) is 0 Å². The van der Waals surface area contributed by atoms with E-state index >= 15 is 0 Å². The minimum atomic E-state index is 0. The maximum Gasteiger partial charge on any atom is 4.00 e. The van der Waals surface area contributed by atoms with Gasteiger partial charge in [0, 0.05) is 0 Å². The van der Waals surface area contributed by atoms with Crippen LogP contribution in [0.1, 0.15) is 37.8 Å². The van der Waals surface area contributed by atoms with Crippen molar-refractivity contribution in [3.8, 4) is 0 Å². The zero-order valence-corrected chi connectivity index (χ0v) is 14.5. The van der Waals surface area contributed by atoms with Crippen molar-refractivity contribution in [1.82, 2.24) is 0 Å². The van der Waals surface area contributed by atoms with Gasteiger partial charge in [-0.3, -0.25) is 0 Å². The van der Waals surface area contributed by atoms with E-state index in [9.17, 15) is 0 Å². The van der Waals surface area contributed by atoms with Crippen LogP contribution in [0.15, 0.2) is 48.5 Å². The Balaban J connectivity index is 0.000000284. The van der Waals surface area contributed by atoms with Crippen LogP contribution >= 0.6 is 0 Å². The van der Waals surface area contributed by atoms with E-state index in [1.165, 1.54) is 36.8 Å². The molecule has 0 radical (unpaired) electrons. The Kier molecular flexibility index (Phi) is 10.4. The molecule has 17 heavy (non-hydrogen) atoms. The molecular formula is C16H22Hf+2. The summed E-state index contributed by atoms with van der Waals surface area (Å²) in [6.45, 7) is 4.40. The van der Waals surface area contributed by atoms with Crippen LogP contribution in [0.25, 0.3) is 0 Å². The Morgan fingerprint density at radius 2 is 0.941 bits per heavy atom. The first-order valence-corrected chi connectivity index (χ1v) is 6.28. The average molecular weight is 393 g/mol. The molecule has 0 aliphatic heterocycles. The van der Waals surface area contributed by atoms with Crippen molar-refractivity contribution >= 4 is 0 Å². The summed E-state index contributed by atoms with van der Waals surface area (Å²) in [5, 5.41) is 0. The molecule has 0 amide bonds. The van der Waals surface area contributed by atoms with E-state index in [0.29, 0.717) is 0 Å². The maximum absolute atomic E-state index is 2.20. The fraction of sp³-hybridized carbons (Fsp3) is 0.375. The first-order chi connectivity index (χ1) is 7.86. The van der Waals surface area contributed by atoms with Crippen LogP contribution in [0.2, 0.25) is 0 Å². The van der Waals surface area contributed by atoms with Crippen molar-refractivity contribution in [2.75, 3.05) is 0 Å². The monoisotopic (exact) mass is 394 g/mol. The quantitative estimate of drug-likeness (QED) is 0.522. The molecule has 0 atom stereocenters. The molecule has 0 N–H and O–H groups in total. The number of rotatable bonds is 4. The van der Waals surface area contributed by atoms with Crippen LogP contribution in [-0.2, 0) is 38.7 Å². The van der Waals surface area contributed by atoms with Crippen LogP contribution in [-0.4, -0.2) is 0 Å². The largest absolute Gasteiger partial charge is 4.00 e. The van der Waals surface area contributed by atoms with Crippen LogP contribution in [0.4, 0.5) is 0 Å². The van der Waals surface area contributed by atoms with Gasteiger partial charge in [-0.25, -0.2) is 24.3 Å². The fourth-order valence-corrected chi connectivity index (χ4v) is 1.74. The van der Waals surface area contributed by atoms with E-state index < -0.39 is 0 Å². The van der Waals surface area contributed by atoms with Gasteiger partial charge < -0.3 is 0 Å². The molecule has 2 rings (SSSR count). The van der Waals surface area contributed by atoms with E-state index in [2.05, 4.69) is 62.4 Å². The third kappa shape index (κ3) is 7.49. The van der Waals surface area contributed by atoms with Gasteiger partial charge in [0.05, 0.1) is 0 Å². The minimum absolute atomic E-state index is 0. The number of hydrogen-bond acceptors (Lipinski definition) is 0. The molecule has 0 aliphatic carbocycles. The van der Waals surface area contributed by atoms with Gasteiger partial charge >= 0.3 is 25.8 Å².